The molecule has 0 heterocycles. The topological polar surface area (TPSA) is 9.23 Å². The summed E-state index contributed by atoms with van der Waals surface area (Å²) in [6, 6.07) is 19.1. The SMILES string of the molecule is CCC(CBr)(Cc1cccc(OC)c1)c1ccccc1. The number of alkyl halides is 1. The lowest BCUT2D eigenvalue weighted by Gasteiger charge is -2.32. The van der Waals surface area contributed by atoms with Crippen molar-refractivity contribution in [3.8, 4) is 5.75 Å². The van der Waals surface area contributed by atoms with E-state index in [1.54, 1.807) is 7.11 Å². The van der Waals surface area contributed by atoms with E-state index in [4.69, 9.17) is 4.74 Å². The van der Waals surface area contributed by atoms with Crippen molar-refractivity contribution < 1.29 is 4.74 Å². The van der Waals surface area contributed by atoms with Gasteiger partial charge in [-0.2, -0.15) is 0 Å². The van der Waals surface area contributed by atoms with Crippen molar-refractivity contribution in [1.82, 2.24) is 0 Å². The van der Waals surface area contributed by atoms with Gasteiger partial charge >= 0.3 is 0 Å². The molecule has 20 heavy (non-hydrogen) atoms. The van der Waals surface area contributed by atoms with Crippen LogP contribution >= 0.6 is 15.9 Å². The molecule has 0 aliphatic rings. The Morgan fingerprint density at radius 2 is 1.80 bits per heavy atom. The Balaban J connectivity index is 2.34. The highest BCUT2D eigenvalue weighted by Crippen LogP contribution is 2.34. The number of methoxy groups -OCH3 is 1. The fourth-order valence-corrected chi connectivity index (χ4v) is 3.53. The molecule has 106 valence electrons. The zero-order valence-electron chi connectivity index (χ0n) is 12.1. The molecule has 0 aliphatic carbocycles. The van der Waals surface area contributed by atoms with E-state index in [2.05, 4.69) is 71.4 Å². The van der Waals surface area contributed by atoms with Gasteiger partial charge in [0.05, 0.1) is 7.11 Å². The van der Waals surface area contributed by atoms with E-state index in [1.165, 1.54) is 11.1 Å². The molecule has 1 nitrogen and oxygen atoms in total. The highest BCUT2D eigenvalue weighted by molar-refractivity contribution is 9.09. The van der Waals surface area contributed by atoms with Crippen LogP contribution in [0, 0.1) is 0 Å². The predicted molar refractivity (Wildman–Crippen MR) is 88.9 cm³/mol. The minimum atomic E-state index is 0.133. The second-order valence-corrected chi connectivity index (χ2v) is 5.72. The number of halogens is 1. The molecule has 1 atom stereocenters. The summed E-state index contributed by atoms with van der Waals surface area (Å²) < 4.78 is 5.33. The van der Waals surface area contributed by atoms with Crippen molar-refractivity contribution in [1.29, 1.82) is 0 Å². The second-order valence-electron chi connectivity index (χ2n) is 5.16. The molecular formula is C18H21BrO. The lowest BCUT2D eigenvalue weighted by molar-refractivity contribution is 0.412. The smallest absolute Gasteiger partial charge is 0.119 e. The highest BCUT2D eigenvalue weighted by Gasteiger charge is 2.29. The van der Waals surface area contributed by atoms with E-state index in [9.17, 15) is 0 Å². The Bertz CT molecular complexity index is 532. The first-order valence-corrected chi connectivity index (χ1v) is 8.10. The number of hydrogen-bond donors (Lipinski definition) is 0. The maximum absolute atomic E-state index is 5.33. The van der Waals surface area contributed by atoms with Crippen LogP contribution in [0.5, 0.6) is 5.75 Å². The third-order valence-electron chi connectivity index (χ3n) is 4.00. The fourth-order valence-electron chi connectivity index (χ4n) is 2.61. The van der Waals surface area contributed by atoms with E-state index in [-0.39, 0.29) is 5.41 Å². The van der Waals surface area contributed by atoms with E-state index < -0.39 is 0 Å². The van der Waals surface area contributed by atoms with Gasteiger partial charge in [-0.05, 0) is 36.1 Å². The van der Waals surface area contributed by atoms with E-state index in [1.807, 2.05) is 6.07 Å². The van der Waals surface area contributed by atoms with Crippen molar-refractivity contribution in [3.63, 3.8) is 0 Å². The third-order valence-corrected chi connectivity index (χ3v) is 5.07. The van der Waals surface area contributed by atoms with Gasteiger partial charge in [-0.1, -0.05) is 65.3 Å². The molecule has 2 rings (SSSR count). The third kappa shape index (κ3) is 3.24. The average molecular weight is 333 g/mol. The summed E-state index contributed by atoms with van der Waals surface area (Å²) in [5.41, 5.74) is 2.84. The highest BCUT2D eigenvalue weighted by atomic mass is 79.9. The van der Waals surface area contributed by atoms with Crippen LogP contribution in [-0.4, -0.2) is 12.4 Å². The molecule has 2 heteroatoms. The Morgan fingerprint density at radius 3 is 2.40 bits per heavy atom. The lowest BCUT2D eigenvalue weighted by Crippen LogP contribution is -2.30. The monoisotopic (exact) mass is 332 g/mol. The maximum Gasteiger partial charge on any atom is 0.119 e. The van der Waals surface area contributed by atoms with Crippen LogP contribution < -0.4 is 4.74 Å². The Labute approximate surface area is 130 Å². The first kappa shape index (κ1) is 15.1. The van der Waals surface area contributed by atoms with Gasteiger partial charge < -0.3 is 4.74 Å². The summed E-state index contributed by atoms with van der Waals surface area (Å²) in [4.78, 5) is 0. The van der Waals surface area contributed by atoms with Crippen LogP contribution in [0.4, 0.5) is 0 Å². The van der Waals surface area contributed by atoms with Crippen LogP contribution in [0.15, 0.2) is 54.6 Å². The van der Waals surface area contributed by atoms with Crippen molar-refractivity contribution >= 4 is 15.9 Å². The predicted octanol–water partition coefficient (Wildman–Crippen LogP) is 4.98. The Morgan fingerprint density at radius 1 is 1.05 bits per heavy atom. The van der Waals surface area contributed by atoms with Gasteiger partial charge in [0.2, 0.25) is 0 Å². The van der Waals surface area contributed by atoms with Gasteiger partial charge in [0.1, 0.15) is 5.75 Å². The standard InChI is InChI=1S/C18H21BrO/c1-3-18(14-19,16-9-5-4-6-10-16)13-15-8-7-11-17(12-15)20-2/h4-12H,3,13-14H2,1-2H3. The summed E-state index contributed by atoms with van der Waals surface area (Å²) in [6.07, 6.45) is 2.11. The second kappa shape index (κ2) is 6.94. The Hall–Kier alpha value is -1.28. The molecule has 1 unspecified atom stereocenters. The van der Waals surface area contributed by atoms with E-state index >= 15 is 0 Å². The van der Waals surface area contributed by atoms with Gasteiger partial charge in [0.25, 0.3) is 0 Å². The average Bonchev–Trinajstić information content (AvgIpc) is 2.54. The molecule has 0 fully saturated rings. The summed E-state index contributed by atoms with van der Waals surface area (Å²) in [6.45, 7) is 2.26. The summed E-state index contributed by atoms with van der Waals surface area (Å²) in [5, 5.41) is 0.956. The van der Waals surface area contributed by atoms with Crippen LogP contribution in [0.1, 0.15) is 24.5 Å². The van der Waals surface area contributed by atoms with Gasteiger partial charge in [-0.15, -0.1) is 0 Å². The van der Waals surface area contributed by atoms with Gasteiger partial charge in [-0.25, -0.2) is 0 Å². The minimum Gasteiger partial charge on any atom is -0.497 e. The van der Waals surface area contributed by atoms with Crippen LogP contribution in [0.2, 0.25) is 0 Å². The summed E-state index contributed by atoms with van der Waals surface area (Å²) >= 11 is 3.73. The molecule has 0 saturated heterocycles. The van der Waals surface area contributed by atoms with Crippen LogP contribution in [0.3, 0.4) is 0 Å². The van der Waals surface area contributed by atoms with Crippen LogP contribution in [0.25, 0.3) is 0 Å². The number of benzene rings is 2. The summed E-state index contributed by atoms with van der Waals surface area (Å²) in [7, 11) is 1.72. The molecule has 2 aromatic rings. The molecule has 0 aromatic heterocycles. The quantitative estimate of drug-likeness (QED) is 0.678. The lowest BCUT2D eigenvalue weighted by atomic mass is 9.75. The van der Waals surface area contributed by atoms with Gasteiger partial charge in [0.15, 0.2) is 0 Å². The zero-order valence-corrected chi connectivity index (χ0v) is 13.7. The van der Waals surface area contributed by atoms with Gasteiger partial charge in [0, 0.05) is 10.7 Å². The Kier molecular flexibility index (Phi) is 5.24. The van der Waals surface area contributed by atoms with Crippen molar-refractivity contribution in [2.24, 2.45) is 0 Å². The summed E-state index contributed by atoms with van der Waals surface area (Å²) in [5.74, 6) is 0.926. The first-order valence-electron chi connectivity index (χ1n) is 6.98. The van der Waals surface area contributed by atoms with Crippen molar-refractivity contribution in [3.05, 3.63) is 65.7 Å². The molecule has 0 amide bonds. The van der Waals surface area contributed by atoms with E-state index in [0.717, 1.165) is 23.9 Å². The van der Waals surface area contributed by atoms with Crippen LogP contribution in [-0.2, 0) is 11.8 Å². The molecule has 2 aromatic carbocycles. The zero-order chi connectivity index (χ0) is 14.4. The van der Waals surface area contributed by atoms with Gasteiger partial charge in [-0.3, -0.25) is 0 Å². The molecule has 0 spiro atoms. The minimum absolute atomic E-state index is 0.133. The molecule has 0 saturated carbocycles. The van der Waals surface area contributed by atoms with Crippen molar-refractivity contribution in [2.45, 2.75) is 25.2 Å². The molecular weight excluding hydrogens is 312 g/mol. The molecule has 0 N–H and O–H groups in total. The molecule has 0 aliphatic heterocycles. The largest absolute Gasteiger partial charge is 0.497 e. The maximum atomic E-state index is 5.33. The molecule has 0 radical (unpaired) electrons. The number of hydrogen-bond acceptors (Lipinski definition) is 1. The fraction of sp³-hybridized carbons (Fsp3) is 0.333. The van der Waals surface area contributed by atoms with E-state index in [0.29, 0.717) is 0 Å². The first-order chi connectivity index (χ1) is 9.74. The number of rotatable bonds is 6. The normalized spacial score (nSPS) is 13.8. The number of ether oxygens (including phenoxy) is 1. The molecule has 0 bridgehead atoms. The van der Waals surface area contributed by atoms with Crippen molar-refractivity contribution in [2.75, 3.05) is 12.4 Å².